The first-order valence-corrected chi connectivity index (χ1v) is 20.8. The number of aromatic nitrogens is 4. The number of amides is 2. The molecule has 13 heteroatoms. The van der Waals surface area contributed by atoms with E-state index in [0.717, 1.165) is 93.4 Å². The Balaban J connectivity index is 0.940. The van der Waals surface area contributed by atoms with Crippen molar-refractivity contribution in [3.8, 4) is 11.1 Å². The summed E-state index contributed by atoms with van der Waals surface area (Å²) in [6.07, 6.45) is 13.2. The maximum absolute atomic E-state index is 13.7. The maximum atomic E-state index is 13.7. The number of carbonyl (C=O) groups is 2. The van der Waals surface area contributed by atoms with E-state index in [1.165, 1.54) is 38.5 Å². The minimum absolute atomic E-state index is 0.192. The van der Waals surface area contributed by atoms with Crippen LogP contribution in [0.1, 0.15) is 108 Å². The number of carbonyl (C=O) groups excluding carboxylic acids is 2. The lowest BCUT2D eigenvalue weighted by Crippen LogP contribution is -2.42. The van der Waals surface area contributed by atoms with Crippen LogP contribution in [0.15, 0.2) is 36.4 Å². The van der Waals surface area contributed by atoms with Crippen molar-refractivity contribution in [3.63, 3.8) is 0 Å². The van der Waals surface area contributed by atoms with Crippen LogP contribution in [0.3, 0.4) is 0 Å². The Morgan fingerprint density at radius 3 is 1.87 bits per heavy atom. The monoisotopic (exact) mass is 786 g/mol. The molecule has 55 heavy (non-hydrogen) atoms. The SMILES string of the molecule is Cn1c(C(=O)Nc2cccc(-c3cccc(NC(=O)c4nc5c(n4C)CCN([C@H]4CC[C@H](O)CC4)C5)c3Cl)c2Cl)nc2c1CCN(CCC1CCCCC1)C2. The molecular weight excluding hydrogens is 735 g/mol. The lowest BCUT2D eigenvalue weighted by atomic mass is 9.87. The number of benzene rings is 2. The molecule has 4 heterocycles. The first-order chi connectivity index (χ1) is 26.6. The van der Waals surface area contributed by atoms with E-state index in [1.807, 2.05) is 47.5 Å². The Morgan fingerprint density at radius 1 is 0.745 bits per heavy atom. The number of anilines is 2. The number of fused-ring (bicyclic) bond motifs is 2. The number of aliphatic hydroxyl groups is 1. The number of halogens is 2. The van der Waals surface area contributed by atoms with E-state index in [1.54, 1.807) is 12.1 Å². The van der Waals surface area contributed by atoms with Crippen LogP contribution in [0.25, 0.3) is 11.1 Å². The standard InChI is InChI=1S/C42H52Cl2N8O3/c1-49-35-19-22-51(21-18-26-8-4-3-5-9-26)24-33(35)45-39(49)41(54)47-31-12-6-10-29(37(31)43)30-11-7-13-32(38(30)44)48-42(55)40-46-34-25-52(23-20-36(34)50(40)2)27-14-16-28(53)17-15-27/h6-7,10-13,26-28,53H,3-5,8-9,14-25H2,1-2H3,(H,47,54)(H,48,55)/t27-,28-. The normalized spacial score (nSPS) is 20.9. The van der Waals surface area contributed by atoms with Gasteiger partial charge in [-0.25, -0.2) is 9.97 Å². The summed E-state index contributed by atoms with van der Waals surface area (Å²) in [5.74, 6) is 0.861. The van der Waals surface area contributed by atoms with Gasteiger partial charge in [0.15, 0.2) is 11.6 Å². The van der Waals surface area contributed by atoms with Crippen molar-refractivity contribution in [2.24, 2.45) is 20.0 Å². The fourth-order valence-electron chi connectivity index (χ4n) is 9.33. The molecule has 0 saturated heterocycles. The average molecular weight is 788 g/mol. The molecule has 0 spiro atoms. The summed E-state index contributed by atoms with van der Waals surface area (Å²) in [5.41, 5.74) is 6.20. The lowest BCUT2D eigenvalue weighted by molar-refractivity contribution is 0.0668. The predicted octanol–water partition coefficient (Wildman–Crippen LogP) is 7.62. The Morgan fingerprint density at radius 2 is 1.29 bits per heavy atom. The van der Waals surface area contributed by atoms with Gasteiger partial charge in [-0.3, -0.25) is 19.4 Å². The van der Waals surface area contributed by atoms with Gasteiger partial charge in [-0.2, -0.15) is 0 Å². The van der Waals surface area contributed by atoms with Gasteiger partial charge in [-0.1, -0.05) is 79.6 Å². The molecule has 0 unspecified atom stereocenters. The van der Waals surface area contributed by atoms with Gasteiger partial charge < -0.3 is 24.9 Å². The van der Waals surface area contributed by atoms with E-state index in [2.05, 4.69) is 20.4 Å². The molecule has 8 rings (SSSR count). The number of imidazole rings is 2. The summed E-state index contributed by atoms with van der Waals surface area (Å²) in [6.45, 7) is 4.42. The summed E-state index contributed by atoms with van der Waals surface area (Å²) in [5, 5.41) is 16.6. The van der Waals surface area contributed by atoms with Crippen LogP contribution >= 0.6 is 23.2 Å². The summed E-state index contributed by atoms with van der Waals surface area (Å²) in [6, 6.07) is 11.3. The van der Waals surface area contributed by atoms with E-state index in [0.29, 0.717) is 56.8 Å². The van der Waals surface area contributed by atoms with Gasteiger partial charge in [0.25, 0.3) is 11.8 Å². The van der Waals surface area contributed by atoms with Gasteiger partial charge in [0.05, 0.1) is 38.9 Å². The number of aliphatic hydroxyl groups excluding tert-OH is 1. The molecule has 0 atom stereocenters. The second-order valence-corrected chi connectivity index (χ2v) is 16.8. The smallest absolute Gasteiger partial charge is 0.291 e. The van der Waals surface area contributed by atoms with Crippen LogP contribution in [0, 0.1) is 5.92 Å². The Hall–Kier alpha value is -3.74. The number of nitrogens with zero attached hydrogens (tertiary/aromatic N) is 6. The maximum Gasteiger partial charge on any atom is 0.291 e. The number of hydrogen-bond donors (Lipinski definition) is 3. The summed E-state index contributed by atoms with van der Waals surface area (Å²) >= 11 is 14.0. The van der Waals surface area contributed by atoms with Crippen LogP contribution in [0.4, 0.5) is 11.4 Å². The zero-order valence-corrected chi connectivity index (χ0v) is 33.4. The molecule has 2 amide bonds. The zero-order chi connectivity index (χ0) is 38.2. The first-order valence-electron chi connectivity index (χ1n) is 20.1. The van der Waals surface area contributed by atoms with E-state index in [4.69, 9.17) is 33.2 Å². The van der Waals surface area contributed by atoms with Crippen molar-refractivity contribution in [2.75, 3.05) is 30.3 Å². The quantitative estimate of drug-likeness (QED) is 0.160. The molecule has 0 radical (unpaired) electrons. The van der Waals surface area contributed by atoms with Crippen molar-refractivity contribution in [2.45, 2.75) is 102 Å². The molecule has 3 N–H and O–H groups in total. The molecule has 2 aliphatic carbocycles. The Bertz CT molecular complexity index is 2060. The first kappa shape index (κ1) is 38.1. The van der Waals surface area contributed by atoms with Gasteiger partial charge in [0.2, 0.25) is 0 Å². The largest absolute Gasteiger partial charge is 0.393 e. The second-order valence-electron chi connectivity index (χ2n) is 16.0. The van der Waals surface area contributed by atoms with Crippen LogP contribution in [-0.4, -0.2) is 77.6 Å². The van der Waals surface area contributed by atoms with E-state index >= 15 is 0 Å². The summed E-state index contributed by atoms with van der Waals surface area (Å²) in [7, 11) is 3.80. The molecule has 2 aliphatic heterocycles. The highest BCUT2D eigenvalue weighted by molar-refractivity contribution is 6.40. The van der Waals surface area contributed by atoms with E-state index in [-0.39, 0.29) is 17.9 Å². The van der Waals surface area contributed by atoms with Crippen LogP contribution in [0.2, 0.25) is 10.0 Å². The zero-order valence-electron chi connectivity index (χ0n) is 31.9. The highest BCUT2D eigenvalue weighted by Crippen LogP contribution is 2.40. The van der Waals surface area contributed by atoms with Gasteiger partial charge >= 0.3 is 0 Å². The van der Waals surface area contributed by atoms with E-state index < -0.39 is 0 Å². The molecule has 2 aromatic heterocycles. The number of nitrogens with one attached hydrogen (secondary N) is 2. The lowest BCUT2D eigenvalue weighted by Gasteiger charge is -2.37. The molecule has 0 bridgehead atoms. The van der Waals surface area contributed by atoms with Crippen molar-refractivity contribution in [3.05, 3.63) is 80.9 Å². The van der Waals surface area contributed by atoms with Gasteiger partial charge in [-0.15, -0.1) is 0 Å². The topological polar surface area (TPSA) is 121 Å². The molecule has 2 fully saturated rings. The summed E-state index contributed by atoms with van der Waals surface area (Å²) < 4.78 is 3.81. The number of hydrogen-bond acceptors (Lipinski definition) is 7. The minimum Gasteiger partial charge on any atom is -0.393 e. The molecule has 2 aromatic carbocycles. The Kier molecular flexibility index (Phi) is 11.4. The van der Waals surface area contributed by atoms with Crippen molar-refractivity contribution >= 4 is 46.4 Å². The van der Waals surface area contributed by atoms with Crippen LogP contribution in [0.5, 0.6) is 0 Å². The molecular formula is C42H52Cl2N8O3. The molecule has 292 valence electrons. The highest BCUT2D eigenvalue weighted by atomic mass is 35.5. The minimum atomic E-state index is -0.347. The van der Waals surface area contributed by atoms with Gasteiger partial charge in [0, 0.05) is 81.7 Å². The van der Waals surface area contributed by atoms with Gasteiger partial charge in [-0.05, 0) is 56.7 Å². The second kappa shape index (κ2) is 16.4. The van der Waals surface area contributed by atoms with E-state index in [9.17, 15) is 14.7 Å². The molecule has 4 aliphatic rings. The Labute approximate surface area is 333 Å². The fraction of sp³-hybridized carbons (Fsp3) is 0.524. The third-order valence-corrected chi connectivity index (χ3v) is 13.4. The fourth-order valence-corrected chi connectivity index (χ4v) is 9.88. The molecule has 2 saturated carbocycles. The third-order valence-electron chi connectivity index (χ3n) is 12.6. The molecule has 11 nitrogen and oxygen atoms in total. The van der Waals surface area contributed by atoms with Crippen molar-refractivity contribution < 1.29 is 14.7 Å². The highest BCUT2D eigenvalue weighted by Gasteiger charge is 2.32. The average Bonchev–Trinajstić information content (AvgIpc) is 3.71. The van der Waals surface area contributed by atoms with Gasteiger partial charge in [0.1, 0.15) is 0 Å². The molecule has 4 aromatic rings. The third kappa shape index (κ3) is 7.96. The predicted molar refractivity (Wildman–Crippen MR) is 217 cm³/mol. The van der Waals surface area contributed by atoms with Crippen molar-refractivity contribution in [1.29, 1.82) is 0 Å². The van der Waals surface area contributed by atoms with Crippen LogP contribution < -0.4 is 10.6 Å². The van der Waals surface area contributed by atoms with Crippen molar-refractivity contribution in [1.82, 2.24) is 28.9 Å². The number of rotatable bonds is 9. The van der Waals surface area contributed by atoms with Crippen LogP contribution in [-0.2, 0) is 40.0 Å². The summed E-state index contributed by atoms with van der Waals surface area (Å²) in [4.78, 5) is 41.9.